The summed E-state index contributed by atoms with van der Waals surface area (Å²) in [6, 6.07) is 8.10. The standard InChI is InChI=1S/C13H16O3/c1-2-11(13(14)15)16-12-8-7-9-5-3-4-6-10(9)12/h3-6,11-12H,2,7-8H2,1H3,(H,14,15). The first-order chi connectivity index (χ1) is 7.72. The Morgan fingerprint density at radius 3 is 3.00 bits per heavy atom. The second kappa shape index (κ2) is 4.66. The Labute approximate surface area is 95.0 Å². The topological polar surface area (TPSA) is 46.5 Å². The molecule has 0 bridgehead atoms. The third kappa shape index (κ3) is 2.09. The normalized spacial score (nSPS) is 20.4. The van der Waals surface area contributed by atoms with Crippen molar-refractivity contribution >= 4 is 5.97 Å². The third-order valence-corrected chi connectivity index (χ3v) is 3.05. The monoisotopic (exact) mass is 220 g/mol. The molecule has 3 heteroatoms. The summed E-state index contributed by atoms with van der Waals surface area (Å²) in [6.45, 7) is 1.83. The Balaban J connectivity index is 2.11. The molecule has 0 heterocycles. The first kappa shape index (κ1) is 11.1. The molecule has 0 spiro atoms. The van der Waals surface area contributed by atoms with Crippen LogP contribution in [0.5, 0.6) is 0 Å². The highest BCUT2D eigenvalue weighted by molar-refractivity contribution is 5.72. The van der Waals surface area contributed by atoms with Gasteiger partial charge in [-0.15, -0.1) is 0 Å². The number of carboxylic acid groups (broad SMARTS) is 1. The zero-order valence-electron chi connectivity index (χ0n) is 9.35. The fourth-order valence-corrected chi connectivity index (χ4v) is 2.19. The molecule has 16 heavy (non-hydrogen) atoms. The van der Waals surface area contributed by atoms with Gasteiger partial charge in [-0.25, -0.2) is 4.79 Å². The molecule has 1 N–H and O–H groups in total. The van der Waals surface area contributed by atoms with Gasteiger partial charge in [0.1, 0.15) is 0 Å². The van der Waals surface area contributed by atoms with Crippen molar-refractivity contribution in [3.63, 3.8) is 0 Å². The minimum atomic E-state index is -0.869. The number of benzene rings is 1. The maximum Gasteiger partial charge on any atom is 0.332 e. The van der Waals surface area contributed by atoms with Crippen LogP contribution < -0.4 is 0 Å². The quantitative estimate of drug-likeness (QED) is 0.848. The van der Waals surface area contributed by atoms with Crippen LogP contribution in [0.1, 0.15) is 37.0 Å². The van der Waals surface area contributed by atoms with Crippen LogP contribution in [-0.4, -0.2) is 17.2 Å². The first-order valence-corrected chi connectivity index (χ1v) is 5.68. The number of carboxylic acids is 1. The Bertz CT molecular complexity index is 387. The van der Waals surface area contributed by atoms with E-state index < -0.39 is 12.1 Å². The smallest absolute Gasteiger partial charge is 0.332 e. The first-order valence-electron chi connectivity index (χ1n) is 5.68. The second-order valence-corrected chi connectivity index (χ2v) is 4.10. The van der Waals surface area contributed by atoms with E-state index in [1.807, 2.05) is 25.1 Å². The largest absolute Gasteiger partial charge is 0.479 e. The second-order valence-electron chi connectivity index (χ2n) is 4.10. The van der Waals surface area contributed by atoms with E-state index in [1.54, 1.807) is 0 Å². The molecule has 0 saturated carbocycles. The van der Waals surface area contributed by atoms with E-state index in [0.29, 0.717) is 6.42 Å². The predicted octanol–water partition coefficient (Wildman–Crippen LogP) is 2.55. The summed E-state index contributed by atoms with van der Waals surface area (Å²) in [5, 5.41) is 8.96. The number of hydrogen-bond acceptors (Lipinski definition) is 2. The lowest BCUT2D eigenvalue weighted by Gasteiger charge is -2.18. The fraction of sp³-hybridized carbons (Fsp3) is 0.462. The number of aliphatic carboxylic acids is 1. The number of carbonyl (C=O) groups is 1. The van der Waals surface area contributed by atoms with Crippen molar-refractivity contribution in [1.82, 2.24) is 0 Å². The summed E-state index contributed by atoms with van der Waals surface area (Å²) >= 11 is 0. The Kier molecular flexibility index (Phi) is 3.25. The minimum Gasteiger partial charge on any atom is -0.479 e. The van der Waals surface area contributed by atoms with E-state index in [1.165, 1.54) is 5.56 Å². The number of hydrogen-bond donors (Lipinski definition) is 1. The molecule has 2 unspecified atom stereocenters. The van der Waals surface area contributed by atoms with Crippen LogP contribution in [0.3, 0.4) is 0 Å². The van der Waals surface area contributed by atoms with Gasteiger partial charge >= 0.3 is 5.97 Å². The van der Waals surface area contributed by atoms with Crippen LogP contribution in [-0.2, 0) is 16.0 Å². The average Bonchev–Trinajstić information content (AvgIpc) is 2.69. The highest BCUT2D eigenvalue weighted by atomic mass is 16.5. The maximum absolute atomic E-state index is 10.9. The minimum absolute atomic E-state index is 0.0442. The summed E-state index contributed by atoms with van der Waals surface area (Å²) < 4.78 is 5.65. The lowest BCUT2D eigenvalue weighted by atomic mass is 10.1. The van der Waals surface area contributed by atoms with Crippen LogP contribution in [0.25, 0.3) is 0 Å². The molecule has 2 atom stereocenters. The average molecular weight is 220 g/mol. The van der Waals surface area contributed by atoms with Crippen molar-refractivity contribution in [1.29, 1.82) is 0 Å². The molecule has 0 amide bonds. The number of aryl methyl sites for hydroxylation is 1. The number of fused-ring (bicyclic) bond motifs is 1. The van der Waals surface area contributed by atoms with Crippen molar-refractivity contribution in [2.75, 3.05) is 0 Å². The molecule has 86 valence electrons. The van der Waals surface area contributed by atoms with Gasteiger partial charge in [0, 0.05) is 0 Å². The van der Waals surface area contributed by atoms with Crippen molar-refractivity contribution in [3.05, 3.63) is 35.4 Å². The zero-order valence-corrected chi connectivity index (χ0v) is 9.35. The van der Waals surface area contributed by atoms with E-state index in [0.717, 1.165) is 18.4 Å². The van der Waals surface area contributed by atoms with Gasteiger partial charge in [0.2, 0.25) is 0 Å². The molecule has 1 aromatic rings. The molecule has 1 aliphatic carbocycles. The van der Waals surface area contributed by atoms with E-state index in [-0.39, 0.29) is 6.10 Å². The SMILES string of the molecule is CCC(OC1CCc2ccccc21)C(=O)O. The maximum atomic E-state index is 10.9. The molecule has 0 aromatic heterocycles. The van der Waals surface area contributed by atoms with E-state index in [9.17, 15) is 4.79 Å². The van der Waals surface area contributed by atoms with E-state index >= 15 is 0 Å². The summed E-state index contributed by atoms with van der Waals surface area (Å²) in [4.78, 5) is 10.9. The van der Waals surface area contributed by atoms with Crippen molar-refractivity contribution in [2.45, 2.75) is 38.4 Å². The highest BCUT2D eigenvalue weighted by Gasteiger charge is 2.27. The van der Waals surface area contributed by atoms with Crippen LogP contribution in [0.2, 0.25) is 0 Å². The molecule has 0 radical (unpaired) electrons. The van der Waals surface area contributed by atoms with Gasteiger partial charge in [0.25, 0.3) is 0 Å². The zero-order chi connectivity index (χ0) is 11.5. The summed E-state index contributed by atoms with van der Waals surface area (Å²) in [5.41, 5.74) is 2.44. The number of rotatable bonds is 4. The van der Waals surface area contributed by atoms with Crippen LogP contribution in [0.4, 0.5) is 0 Å². The van der Waals surface area contributed by atoms with E-state index in [4.69, 9.17) is 9.84 Å². The Hall–Kier alpha value is -1.35. The summed E-state index contributed by atoms with van der Waals surface area (Å²) in [5.74, 6) is -0.869. The Morgan fingerprint density at radius 2 is 2.31 bits per heavy atom. The molecule has 1 aromatic carbocycles. The Morgan fingerprint density at radius 1 is 1.56 bits per heavy atom. The molecule has 1 aliphatic rings. The molecule has 2 rings (SSSR count). The van der Waals surface area contributed by atoms with Crippen molar-refractivity contribution < 1.29 is 14.6 Å². The van der Waals surface area contributed by atoms with Gasteiger partial charge in [-0.1, -0.05) is 31.2 Å². The van der Waals surface area contributed by atoms with Gasteiger partial charge in [-0.2, -0.15) is 0 Å². The van der Waals surface area contributed by atoms with Crippen LogP contribution in [0, 0.1) is 0 Å². The molecular formula is C13H16O3. The fourth-order valence-electron chi connectivity index (χ4n) is 2.19. The molecular weight excluding hydrogens is 204 g/mol. The van der Waals surface area contributed by atoms with Crippen molar-refractivity contribution in [3.8, 4) is 0 Å². The lowest BCUT2D eigenvalue weighted by Crippen LogP contribution is -2.24. The van der Waals surface area contributed by atoms with Gasteiger partial charge < -0.3 is 9.84 Å². The number of ether oxygens (including phenoxy) is 1. The van der Waals surface area contributed by atoms with Gasteiger partial charge in [0.05, 0.1) is 6.10 Å². The van der Waals surface area contributed by atoms with Gasteiger partial charge in [-0.05, 0) is 30.4 Å². The van der Waals surface area contributed by atoms with Gasteiger partial charge in [-0.3, -0.25) is 0 Å². The molecule has 0 saturated heterocycles. The summed E-state index contributed by atoms with van der Waals surface area (Å²) in [7, 11) is 0. The van der Waals surface area contributed by atoms with E-state index in [2.05, 4.69) is 6.07 Å². The predicted molar refractivity (Wildman–Crippen MR) is 60.3 cm³/mol. The molecule has 0 fully saturated rings. The third-order valence-electron chi connectivity index (χ3n) is 3.05. The molecule has 0 aliphatic heterocycles. The summed E-state index contributed by atoms with van der Waals surface area (Å²) in [6.07, 6.45) is 1.65. The lowest BCUT2D eigenvalue weighted by molar-refractivity contribution is -0.154. The van der Waals surface area contributed by atoms with Crippen LogP contribution in [0.15, 0.2) is 24.3 Å². The highest BCUT2D eigenvalue weighted by Crippen LogP contribution is 2.34. The molecule has 3 nitrogen and oxygen atoms in total. The van der Waals surface area contributed by atoms with Gasteiger partial charge in [0.15, 0.2) is 6.10 Å². The van der Waals surface area contributed by atoms with Crippen LogP contribution >= 0.6 is 0 Å². The van der Waals surface area contributed by atoms with Crippen molar-refractivity contribution in [2.24, 2.45) is 0 Å².